The molecule has 1 aromatic rings. The molecule has 4 fully saturated rings. The minimum absolute atomic E-state index is 0.0454. The van der Waals surface area contributed by atoms with Crippen molar-refractivity contribution in [3.05, 3.63) is 29.8 Å². The van der Waals surface area contributed by atoms with E-state index in [2.05, 4.69) is 5.32 Å². The Labute approximate surface area is 125 Å². The molecule has 112 valence electrons. The molecule has 1 aromatic carbocycles. The zero-order valence-electron chi connectivity index (χ0n) is 12.3. The molecular weight excluding hydrogens is 262 g/mol. The molecule has 4 aliphatic carbocycles. The fourth-order valence-corrected chi connectivity index (χ4v) is 5.27. The van der Waals surface area contributed by atoms with Gasteiger partial charge < -0.3 is 10.4 Å². The number of rotatable bonds is 3. The molecule has 0 saturated heterocycles. The van der Waals surface area contributed by atoms with E-state index in [4.69, 9.17) is 5.11 Å². The van der Waals surface area contributed by atoms with E-state index in [9.17, 15) is 4.79 Å². The van der Waals surface area contributed by atoms with Crippen molar-refractivity contribution in [3.63, 3.8) is 0 Å². The zero-order chi connectivity index (χ0) is 14.4. The second-order valence-electron chi connectivity index (χ2n) is 7.30. The number of aliphatic hydroxyl groups excluding tert-OH is 1. The molecule has 4 aliphatic rings. The Hall–Kier alpha value is -1.35. The maximum absolute atomic E-state index is 12.7. The first-order valence-corrected chi connectivity index (χ1v) is 8.23. The van der Waals surface area contributed by atoms with E-state index in [0.717, 1.165) is 23.1 Å². The van der Waals surface area contributed by atoms with Crippen molar-refractivity contribution in [2.75, 3.05) is 5.32 Å². The number of anilines is 1. The number of hydrogen-bond donors (Lipinski definition) is 2. The molecule has 2 N–H and O–H groups in total. The van der Waals surface area contributed by atoms with E-state index in [1.165, 1.54) is 32.1 Å². The van der Waals surface area contributed by atoms with Crippen molar-refractivity contribution < 1.29 is 9.90 Å². The lowest BCUT2D eigenvalue weighted by molar-refractivity contribution is -0.132. The van der Waals surface area contributed by atoms with Gasteiger partial charge >= 0.3 is 0 Å². The highest BCUT2D eigenvalue weighted by atomic mass is 16.3. The van der Waals surface area contributed by atoms with Gasteiger partial charge in [-0.15, -0.1) is 0 Å². The van der Waals surface area contributed by atoms with Crippen LogP contribution in [0.15, 0.2) is 24.3 Å². The number of carbonyl (C=O) groups excluding carboxylic acids is 1. The summed E-state index contributed by atoms with van der Waals surface area (Å²) < 4.78 is 0. The van der Waals surface area contributed by atoms with E-state index in [1.54, 1.807) is 0 Å². The summed E-state index contributed by atoms with van der Waals surface area (Å²) in [7, 11) is 0. The molecule has 4 saturated carbocycles. The summed E-state index contributed by atoms with van der Waals surface area (Å²) in [5, 5.41) is 12.2. The van der Waals surface area contributed by atoms with E-state index in [-0.39, 0.29) is 18.4 Å². The second-order valence-corrected chi connectivity index (χ2v) is 7.30. The van der Waals surface area contributed by atoms with Gasteiger partial charge in [0.2, 0.25) is 5.91 Å². The average Bonchev–Trinajstić information content (AvgIpc) is 2.47. The predicted molar refractivity (Wildman–Crippen MR) is 81.5 cm³/mol. The van der Waals surface area contributed by atoms with Gasteiger partial charge in [-0.05, 0) is 73.5 Å². The van der Waals surface area contributed by atoms with Crippen LogP contribution in [0.5, 0.6) is 0 Å². The monoisotopic (exact) mass is 285 g/mol. The van der Waals surface area contributed by atoms with Crippen LogP contribution >= 0.6 is 0 Å². The highest BCUT2D eigenvalue weighted by molar-refractivity contribution is 5.93. The Bertz CT molecular complexity index is 509. The Morgan fingerprint density at radius 1 is 1.00 bits per heavy atom. The fourth-order valence-electron chi connectivity index (χ4n) is 5.27. The summed E-state index contributed by atoms with van der Waals surface area (Å²) in [6.45, 7) is 0.0454. The van der Waals surface area contributed by atoms with Gasteiger partial charge in [0.25, 0.3) is 0 Å². The Kier molecular flexibility index (Phi) is 3.26. The molecular formula is C18H23NO2. The van der Waals surface area contributed by atoms with Crippen LogP contribution in [0.25, 0.3) is 0 Å². The molecule has 5 rings (SSSR count). The van der Waals surface area contributed by atoms with E-state index >= 15 is 0 Å². The van der Waals surface area contributed by atoms with Crippen LogP contribution < -0.4 is 5.32 Å². The van der Waals surface area contributed by atoms with Crippen LogP contribution in [0.3, 0.4) is 0 Å². The summed E-state index contributed by atoms with van der Waals surface area (Å²) in [5.41, 5.74) is 1.73. The Balaban J connectivity index is 1.47. The summed E-state index contributed by atoms with van der Waals surface area (Å²) in [6.07, 6.45) is 6.51. The normalized spacial score (nSPS) is 36.7. The topological polar surface area (TPSA) is 49.3 Å². The first-order valence-electron chi connectivity index (χ1n) is 8.23. The van der Waals surface area contributed by atoms with Crippen LogP contribution in [0.2, 0.25) is 0 Å². The van der Waals surface area contributed by atoms with Crippen LogP contribution in [0.4, 0.5) is 5.69 Å². The van der Waals surface area contributed by atoms with Crippen molar-refractivity contribution >= 4 is 11.6 Å². The second kappa shape index (κ2) is 5.13. The van der Waals surface area contributed by atoms with Crippen LogP contribution in [-0.2, 0) is 11.4 Å². The zero-order valence-corrected chi connectivity index (χ0v) is 12.3. The Morgan fingerprint density at radius 2 is 1.57 bits per heavy atom. The number of aliphatic hydroxyl groups is 1. The van der Waals surface area contributed by atoms with Gasteiger partial charge in [-0.1, -0.05) is 12.1 Å². The van der Waals surface area contributed by atoms with Gasteiger partial charge in [-0.25, -0.2) is 0 Å². The fraction of sp³-hybridized carbons (Fsp3) is 0.611. The van der Waals surface area contributed by atoms with Crippen molar-refractivity contribution in [1.29, 1.82) is 0 Å². The van der Waals surface area contributed by atoms with Gasteiger partial charge in [-0.3, -0.25) is 4.79 Å². The summed E-state index contributed by atoms with van der Waals surface area (Å²) in [4.78, 5) is 12.7. The summed E-state index contributed by atoms with van der Waals surface area (Å²) in [5.74, 6) is 3.51. The number of amides is 1. The van der Waals surface area contributed by atoms with E-state index in [0.29, 0.717) is 11.8 Å². The first kappa shape index (κ1) is 13.3. The van der Waals surface area contributed by atoms with Gasteiger partial charge in [0.05, 0.1) is 6.61 Å². The Morgan fingerprint density at radius 3 is 2.10 bits per heavy atom. The third-order valence-electron chi connectivity index (χ3n) is 5.93. The third kappa shape index (κ3) is 2.38. The molecule has 0 atom stereocenters. The highest BCUT2D eigenvalue weighted by Crippen LogP contribution is 2.56. The molecule has 3 heteroatoms. The number of benzene rings is 1. The van der Waals surface area contributed by atoms with Gasteiger partial charge in [0.1, 0.15) is 0 Å². The first-order chi connectivity index (χ1) is 10.2. The SMILES string of the molecule is O=C(Nc1ccc(CO)cc1)C1C2CC3CC(C2)CC1C3. The van der Waals surface area contributed by atoms with Crippen molar-refractivity contribution in [2.24, 2.45) is 29.6 Å². The van der Waals surface area contributed by atoms with Gasteiger partial charge in [0, 0.05) is 11.6 Å². The lowest BCUT2D eigenvalue weighted by atomic mass is 9.51. The third-order valence-corrected chi connectivity index (χ3v) is 5.93. The van der Waals surface area contributed by atoms with Crippen LogP contribution in [-0.4, -0.2) is 11.0 Å². The van der Waals surface area contributed by atoms with Gasteiger partial charge in [-0.2, -0.15) is 0 Å². The minimum Gasteiger partial charge on any atom is -0.392 e. The predicted octanol–water partition coefficient (Wildman–Crippen LogP) is 3.19. The molecule has 4 bridgehead atoms. The standard InChI is InChI=1S/C18H23NO2/c20-10-11-1-3-16(4-2-11)19-18(21)17-14-6-12-5-13(8-14)9-15(17)7-12/h1-4,12-15,17,20H,5-10H2,(H,19,21). The minimum atomic E-state index is 0.0454. The maximum atomic E-state index is 12.7. The number of carbonyl (C=O) groups is 1. The van der Waals surface area contributed by atoms with E-state index in [1.807, 2.05) is 24.3 Å². The molecule has 0 heterocycles. The van der Waals surface area contributed by atoms with Gasteiger partial charge in [0.15, 0.2) is 0 Å². The van der Waals surface area contributed by atoms with Crippen LogP contribution in [0, 0.1) is 29.6 Å². The highest BCUT2D eigenvalue weighted by Gasteiger charge is 2.50. The smallest absolute Gasteiger partial charge is 0.228 e. The molecule has 0 spiro atoms. The molecule has 0 aliphatic heterocycles. The van der Waals surface area contributed by atoms with E-state index < -0.39 is 0 Å². The van der Waals surface area contributed by atoms with Crippen molar-refractivity contribution in [1.82, 2.24) is 0 Å². The molecule has 21 heavy (non-hydrogen) atoms. The van der Waals surface area contributed by atoms with Crippen LogP contribution in [0.1, 0.15) is 37.7 Å². The summed E-state index contributed by atoms with van der Waals surface area (Å²) in [6, 6.07) is 7.51. The molecule has 0 unspecified atom stereocenters. The average molecular weight is 285 g/mol. The van der Waals surface area contributed by atoms with Crippen molar-refractivity contribution in [3.8, 4) is 0 Å². The number of nitrogens with one attached hydrogen (secondary N) is 1. The molecule has 3 nitrogen and oxygen atoms in total. The number of hydrogen-bond acceptors (Lipinski definition) is 2. The summed E-state index contributed by atoms with van der Waals surface area (Å²) >= 11 is 0. The molecule has 0 radical (unpaired) electrons. The molecule has 1 amide bonds. The maximum Gasteiger partial charge on any atom is 0.228 e. The molecule has 0 aromatic heterocycles. The lowest BCUT2D eigenvalue weighted by Crippen LogP contribution is -2.49. The van der Waals surface area contributed by atoms with Crippen molar-refractivity contribution in [2.45, 2.75) is 38.7 Å². The quantitative estimate of drug-likeness (QED) is 0.896. The lowest BCUT2D eigenvalue weighted by Gasteiger charge is -2.53. The largest absolute Gasteiger partial charge is 0.392 e.